The fourth-order valence-corrected chi connectivity index (χ4v) is 2.78. The predicted octanol–water partition coefficient (Wildman–Crippen LogP) is 3.47. The van der Waals surface area contributed by atoms with Crippen molar-refractivity contribution in [2.75, 3.05) is 13.6 Å². The summed E-state index contributed by atoms with van der Waals surface area (Å²) in [5.74, 6) is 0. The summed E-state index contributed by atoms with van der Waals surface area (Å²) in [5.41, 5.74) is 2.43. The van der Waals surface area contributed by atoms with Crippen molar-refractivity contribution < 1.29 is 9.31 Å². The third-order valence-electron chi connectivity index (χ3n) is 4.90. The molecule has 0 spiro atoms. The van der Waals surface area contributed by atoms with Crippen molar-refractivity contribution in [1.82, 2.24) is 10.3 Å². The van der Waals surface area contributed by atoms with Crippen LogP contribution in [0.5, 0.6) is 0 Å². The first-order valence-corrected chi connectivity index (χ1v) is 8.38. The van der Waals surface area contributed by atoms with E-state index in [0.29, 0.717) is 6.54 Å². The molecule has 0 amide bonds. The molecule has 1 saturated heterocycles. The molecule has 5 heteroatoms. The van der Waals surface area contributed by atoms with Gasteiger partial charge in [-0.05, 0) is 57.9 Å². The highest BCUT2D eigenvalue weighted by Crippen LogP contribution is 2.38. The number of rotatable bonds is 4. The number of pyridine rings is 1. The number of likely N-dealkylation sites (N-methyl/N-ethyl adjacent to an activating group) is 1. The van der Waals surface area contributed by atoms with Crippen LogP contribution in [-0.2, 0) is 9.31 Å². The number of fused-ring (bicyclic) bond motifs is 1. The van der Waals surface area contributed by atoms with Gasteiger partial charge in [-0.25, -0.2) is 0 Å². The van der Waals surface area contributed by atoms with E-state index in [2.05, 4.69) is 56.2 Å². The highest BCUT2D eigenvalue weighted by atomic mass is 16.7. The Bertz CT molecular complexity index is 755. The van der Waals surface area contributed by atoms with E-state index in [9.17, 15) is 0 Å². The van der Waals surface area contributed by atoms with Gasteiger partial charge in [-0.2, -0.15) is 0 Å². The van der Waals surface area contributed by atoms with E-state index in [-0.39, 0.29) is 18.3 Å². The second-order valence-electron chi connectivity index (χ2n) is 7.30. The van der Waals surface area contributed by atoms with Crippen LogP contribution in [0.15, 0.2) is 42.0 Å². The minimum absolute atomic E-state index is 0.341. The molecule has 3 rings (SSSR count). The number of benzene rings is 1. The largest absolute Gasteiger partial charge is 0.491 e. The number of nitrogens with zero attached hydrogens (tertiary/aromatic N) is 1. The van der Waals surface area contributed by atoms with Crippen LogP contribution in [-0.4, -0.2) is 36.9 Å². The molecule has 1 aromatic heterocycles. The highest BCUT2D eigenvalue weighted by Gasteiger charge is 2.52. The summed E-state index contributed by atoms with van der Waals surface area (Å²) >= 11 is 0. The molecule has 0 unspecified atom stereocenters. The van der Waals surface area contributed by atoms with Crippen LogP contribution in [0, 0.1) is 0 Å². The zero-order valence-corrected chi connectivity index (χ0v) is 15.1. The van der Waals surface area contributed by atoms with Crippen LogP contribution in [0.25, 0.3) is 17.0 Å². The molecule has 126 valence electrons. The smallest absolute Gasteiger partial charge is 0.400 e. The fraction of sp³-hybridized carbons (Fsp3) is 0.421. The predicted molar refractivity (Wildman–Crippen MR) is 99.7 cm³/mol. The Hall–Kier alpha value is -1.69. The third kappa shape index (κ3) is 3.25. The van der Waals surface area contributed by atoms with Gasteiger partial charge in [0.2, 0.25) is 0 Å². The molecule has 2 heterocycles. The van der Waals surface area contributed by atoms with Crippen molar-refractivity contribution in [3.8, 4) is 0 Å². The summed E-state index contributed by atoms with van der Waals surface area (Å²) in [6, 6.07) is 10.3. The fourth-order valence-electron chi connectivity index (χ4n) is 2.78. The molecule has 0 saturated carbocycles. The molecule has 0 atom stereocenters. The minimum Gasteiger partial charge on any atom is -0.400 e. The number of hydrogen-bond acceptors (Lipinski definition) is 4. The summed E-state index contributed by atoms with van der Waals surface area (Å²) in [5, 5.41) is 4.34. The number of nitrogens with one attached hydrogen (secondary N) is 1. The molecule has 1 aromatic carbocycles. The zero-order valence-electron chi connectivity index (χ0n) is 15.1. The van der Waals surface area contributed by atoms with Crippen LogP contribution in [0.3, 0.4) is 0 Å². The van der Waals surface area contributed by atoms with Gasteiger partial charge in [-0.15, -0.1) is 0 Å². The second-order valence-corrected chi connectivity index (χ2v) is 7.30. The molecule has 0 radical (unpaired) electrons. The van der Waals surface area contributed by atoms with Crippen molar-refractivity contribution in [2.24, 2.45) is 0 Å². The van der Waals surface area contributed by atoms with Crippen molar-refractivity contribution in [3.05, 3.63) is 47.6 Å². The van der Waals surface area contributed by atoms with Crippen molar-refractivity contribution in [2.45, 2.75) is 38.9 Å². The van der Waals surface area contributed by atoms with Gasteiger partial charge in [0, 0.05) is 18.1 Å². The van der Waals surface area contributed by atoms with E-state index in [4.69, 9.17) is 9.31 Å². The lowest BCUT2D eigenvalue weighted by atomic mass is 9.77. The van der Waals surface area contributed by atoms with Crippen LogP contribution in [0.2, 0.25) is 0 Å². The van der Waals surface area contributed by atoms with Gasteiger partial charge >= 0.3 is 7.12 Å². The maximum Gasteiger partial charge on any atom is 0.491 e. The molecular formula is C19H25BN2O2. The van der Waals surface area contributed by atoms with Crippen LogP contribution in [0.4, 0.5) is 0 Å². The van der Waals surface area contributed by atoms with Gasteiger partial charge < -0.3 is 14.6 Å². The molecule has 1 aliphatic rings. The Morgan fingerprint density at radius 1 is 1.17 bits per heavy atom. The number of hydrogen-bond donors (Lipinski definition) is 1. The number of aromatic nitrogens is 1. The van der Waals surface area contributed by atoms with Gasteiger partial charge in [0.1, 0.15) is 0 Å². The van der Waals surface area contributed by atoms with Gasteiger partial charge in [-0.3, -0.25) is 4.98 Å². The Labute approximate surface area is 144 Å². The van der Waals surface area contributed by atoms with Crippen molar-refractivity contribution >= 4 is 24.1 Å². The van der Waals surface area contributed by atoms with Crippen molar-refractivity contribution in [3.63, 3.8) is 0 Å². The van der Waals surface area contributed by atoms with Crippen LogP contribution in [0.1, 0.15) is 33.3 Å². The Morgan fingerprint density at radius 3 is 2.50 bits per heavy atom. The van der Waals surface area contributed by atoms with Crippen molar-refractivity contribution in [1.29, 1.82) is 0 Å². The average Bonchev–Trinajstić information content (AvgIpc) is 2.75. The SMILES string of the molecule is CNCC(=Cc1cnc2ccccc2c1)B1OC(C)(C)C(C)(C)O1. The summed E-state index contributed by atoms with van der Waals surface area (Å²) in [6.07, 6.45) is 4.00. The molecule has 4 nitrogen and oxygen atoms in total. The lowest BCUT2D eigenvalue weighted by molar-refractivity contribution is 0.00578. The van der Waals surface area contributed by atoms with E-state index in [1.165, 1.54) is 0 Å². The lowest BCUT2D eigenvalue weighted by Gasteiger charge is -2.32. The topological polar surface area (TPSA) is 43.4 Å². The van der Waals surface area contributed by atoms with Crippen LogP contribution < -0.4 is 5.32 Å². The standard InChI is InChI=1S/C19H25BN2O2/c1-18(2)19(3,4)24-20(23-18)16(13-21-5)11-14-10-15-8-6-7-9-17(15)22-12-14/h6-12,21H,13H2,1-5H3. The van der Waals surface area contributed by atoms with Gasteiger partial charge in [0.05, 0.1) is 16.7 Å². The normalized spacial score (nSPS) is 19.9. The number of para-hydroxylation sites is 1. The summed E-state index contributed by atoms with van der Waals surface area (Å²) in [6.45, 7) is 8.98. The van der Waals surface area contributed by atoms with E-state index in [1.54, 1.807) is 0 Å². The molecule has 2 aromatic rings. The summed E-state index contributed by atoms with van der Waals surface area (Å²) in [4.78, 5) is 4.53. The van der Waals surface area contributed by atoms with Gasteiger partial charge in [0.25, 0.3) is 0 Å². The second kappa shape index (κ2) is 6.32. The molecular weight excluding hydrogens is 299 g/mol. The highest BCUT2D eigenvalue weighted by molar-refractivity contribution is 6.55. The van der Waals surface area contributed by atoms with E-state index in [0.717, 1.165) is 21.9 Å². The molecule has 1 fully saturated rings. The van der Waals surface area contributed by atoms with E-state index >= 15 is 0 Å². The molecule has 1 aliphatic heterocycles. The summed E-state index contributed by atoms with van der Waals surface area (Å²) in [7, 11) is 1.58. The molecule has 24 heavy (non-hydrogen) atoms. The maximum absolute atomic E-state index is 6.19. The molecule has 0 aliphatic carbocycles. The first kappa shape index (κ1) is 17.1. The van der Waals surface area contributed by atoms with Gasteiger partial charge in [0.15, 0.2) is 0 Å². The first-order chi connectivity index (χ1) is 11.3. The third-order valence-corrected chi connectivity index (χ3v) is 4.90. The zero-order chi connectivity index (χ0) is 17.4. The molecule has 0 bridgehead atoms. The van der Waals surface area contributed by atoms with E-state index < -0.39 is 0 Å². The lowest BCUT2D eigenvalue weighted by Crippen LogP contribution is -2.41. The van der Waals surface area contributed by atoms with Crippen LogP contribution >= 0.6 is 0 Å². The Kier molecular flexibility index (Phi) is 4.51. The van der Waals surface area contributed by atoms with E-state index in [1.807, 2.05) is 31.4 Å². The minimum atomic E-state index is -0.353. The molecule has 1 N–H and O–H groups in total. The van der Waals surface area contributed by atoms with Gasteiger partial charge in [-0.1, -0.05) is 24.3 Å². The average molecular weight is 324 g/mol. The maximum atomic E-state index is 6.19. The quantitative estimate of drug-likeness (QED) is 0.875. The monoisotopic (exact) mass is 324 g/mol. The summed E-state index contributed by atoms with van der Waals surface area (Å²) < 4.78 is 12.4. The Balaban J connectivity index is 1.93. The Morgan fingerprint density at radius 2 is 1.83 bits per heavy atom. The first-order valence-electron chi connectivity index (χ1n) is 8.38.